The fourth-order valence-electron chi connectivity index (χ4n) is 1.63. The van der Waals surface area contributed by atoms with Crippen molar-refractivity contribution in [3.63, 3.8) is 0 Å². The smallest absolute Gasteiger partial charge is 0.278 e. The largest absolute Gasteiger partial charge is 0.375 e. The van der Waals surface area contributed by atoms with Crippen LogP contribution in [0.3, 0.4) is 0 Å². The highest BCUT2D eigenvalue weighted by atomic mass is 32.1. The maximum Gasteiger partial charge on any atom is 0.278 e. The van der Waals surface area contributed by atoms with E-state index in [1.54, 1.807) is 0 Å². The Labute approximate surface area is 104 Å². The zero-order valence-corrected chi connectivity index (χ0v) is 9.91. The average Bonchev–Trinajstić information content (AvgIpc) is 2.85. The van der Waals surface area contributed by atoms with Crippen LogP contribution in [0.15, 0.2) is 10.2 Å². The van der Waals surface area contributed by atoms with Crippen molar-refractivity contribution >= 4 is 33.6 Å². The monoisotopic (exact) mass is 263 g/mol. The minimum atomic E-state index is -0.339. The number of H-pyrrole nitrogens is 2. The first-order valence-electron chi connectivity index (χ1n) is 5.06. The number of nitrogens with zero attached hydrogens (tertiary/aromatic N) is 3. The second kappa shape index (κ2) is 3.81. The van der Waals surface area contributed by atoms with Crippen LogP contribution in [0.2, 0.25) is 0 Å². The maximum atomic E-state index is 11.6. The Bertz CT molecular complexity index is 771. The molecule has 92 valence electrons. The third kappa shape index (κ3) is 1.80. The highest BCUT2D eigenvalue weighted by molar-refractivity contribution is 7.13. The molecule has 0 bridgehead atoms. The lowest BCUT2D eigenvalue weighted by atomic mass is 10.3. The molecule has 3 aromatic rings. The van der Waals surface area contributed by atoms with E-state index in [4.69, 9.17) is 11.5 Å². The summed E-state index contributed by atoms with van der Waals surface area (Å²) in [5, 5.41) is 2.34. The molecule has 0 atom stereocenters. The molecule has 18 heavy (non-hydrogen) atoms. The van der Waals surface area contributed by atoms with Gasteiger partial charge >= 0.3 is 0 Å². The van der Waals surface area contributed by atoms with Crippen molar-refractivity contribution in [3.8, 4) is 0 Å². The summed E-state index contributed by atoms with van der Waals surface area (Å²) in [6.45, 7) is 0. The van der Waals surface area contributed by atoms with Crippen LogP contribution in [0.1, 0.15) is 11.5 Å². The predicted molar refractivity (Wildman–Crippen MR) is 68.3 cm³/mol. The van der Waals surface area contributed by atoms with Gasteiger partial charge in [-0.25, -0.2) is 9.97 Å². The summed E-state index contributed by atoms with van der Waals surface area (Å²) >= 11 is 1.36. The topological polar surface area (TPSA) is 139 Å². The molecule has 0 aliphatic rings. The van der Waals surface area contributed by atoms with Gasteiger partial charge in [0.05, 0.1) is 5.69 Å². The van der Waals surface area contributed by atoms with E-state index in [1.807, 2.05) is 5.38 Å². The Kier molecular flexibility index (Phi) is 2.27. The van der Waals surface area contributed by atoms with Gasteiger partial charge in [-0.15, -0.1) is 11.3 Å². The van der Waals surface area contributed by atoms with E-state index < -0.39 is 0 Å². The van der Waals surface area contributed by atoms with E-state index in [0.29, 0.717) is 28.5 Å². The van der Waals surface area contributed by atoms with Gasteiger partial charge in [-0.3, -0.25) is 9.78 Å². The molecular formula is C9H9N7OS. The maximum absolute atomic E-state index is 11.6. The lowest BCUT2D eigenvalue weighted by Crippen LogP contribution is -2.10. The van der Waals surface area contributed by atoms with Crippen molar-refractivity contribution in [2.75, 3.05) is 11.5 Å². The summed E-state index contributed by atoms with van der Waals surface area (Å²) in [7, 11) is 0. The number of anilines is 2. The van der Waals surface area contributed by atoms with Gasteiger partial charge in [-0.2, -0.15) is 4.98 Å². The molecule has 6 N–H and O–H groups in total. The van der Waals surface area contributed by atoms with Gasteiger partial charge in [0.25, 0.3) is 5.56 Å². The van der Waals surface area contributed by atoms with Crippen LogP contribution in [-0.2, 0) is 6.42 Å². The van der Waals surface area contributed by atoms with Crippen LogP contribution < -0.4 is 17.0 Å². The highest BCUT2D eigenvalue weighted by Crippen LogP contribution is 2.14. The van der Waals surface area contributed by atoms with Crippen molar-refractivity contribution in [1.29, 1.82) is 0 Å². The van der Waals surface area contributed by atoms with Crippen LogP contribution in [0, 0.1) is 0 Å². The summed E-state index contributed by atoms with van der Waals surface area (Å²) in [6, 6.07) is 0. The van der Waals surface area contributed by atoms with Crippen LogP contribution in [0.5, 0.6) is 0 Å². The molecule has 0 spiro atoms. The summed E-state index contributed by atoms with van der Waals surface area (Å²) in [5.41, 5.74) is 12.0. The van der Waals surface area contributed by atoms with Crippen LogP contribution in [0.4, 0.5) is 11.1 Å². The standard InChI is InChI=1S/C9H9N7OS/c10-8-15-6-5(7(17)16-8)13-4(14-6)1-3-2-18-9(11)12-3/h2H,1H2,(H2,11,12)(H4,10,13,14,15,16,17). The molecule has 0 saturated heterocycles. The Hall–Kier alpha value is -2.42. The molecular weight excluding hydrogens is 254 g/mol. The Morgan fingerprint density at radius 2 is 2.06 bits per heavy atom. The third-order valence-corrected chi connectivity index (χ3v) is 3.07. The summed E-state index contributed by atoms with van der Waals surface area (Å²) < 4.78 is 0. The van der Waals surface area contributed by atoms with Crippen LogP contribution in [0.25, 0.3) is 11.2 Å². The van der Waals surface area contributed by atoms with Crippen LogP contribution >= 0.6 is 11.3 Å². The second-order valence-electron chi connectivity index (χ2n) is 3.69. The minimum Gasteiger partial charge on any atom is -0.375 e. The quantitative estimate of drug-likeness (QED) is 0.507. The van der Waals surface area contributed by atoms with E-state index in [0.717, 1.165) is 5.69 Å². The van der Waals surface area contributed by atoms with E-state index >= 15 is 0 Å². The third-order valence-electron chi connectivity index (χ3n) is 2.35. The second-order valence-corrected chi connectivity index (χ2v) is 4.58. The number of hydrogen-bond donors (Lipinski definition) is 4. The average molecular weight is 263 g/mol. The Morgan fingerprint density at radius 3 is 2.78 bits per heavy atom. The van der Waals surface area contributed by atoms with E-state index in [9.17, 15) is 4.79 Å². The van der Waals surface area contributed by atoms with E-state index in [2.05, 4.69) is 24.9 Å². The number of aromatic amines is 2. The number of nitrogens with one attached hydrogen (secondary N) is 2. The van der Waals surface area contributed by atoms with Crippen molar-refractivity contribution in [1.82, 2.24) is 24.9 Å². The van der Waals surface area contributed by atoms with Gasteiger partial charge in [0.1, 0.15) is 5.82 Å². The molecule has 0 aliphatic heterocycles. The molecule has 0 radical (unpaired) electrons. The number of thiazole rings is 1. The lowest BCUT2D eigenvalue weighted by Gasteiger charge is -1.89. The fraction of sp³-hybridized carbons (Fsp3) is 0.111. The molecule has 0 saturated carbocycles. The molecule has 8 nitrogen and oxygen atoms in total. The molecule has 3 rings (SSSR count). The normalized spacial score (nSPS) is 11.1. The number of nitrogen functional groups attached to an aromatic ring is 2. The summed E-state index contributed by atoms with van der Waals surface area (Å²) in [6.07, 6.45) is 0.462. The van der Waals surface area contributed by atoms with Gasteiger partial charge in [-0.05, 0) is 0 Å². The molecule has 3 aromatic heterocycles. The SMILES string of the molecule is Nc1nc2nc(Cc3csc(N)n3)[nH]c2c(=O)[nH]1. The molecule has 0 fully saturated rings. The number of aromatic nitrogens is 5. The van der Waals surface area contributed by atoms with E-state index in [-0.39, 0.29) is 11.5 Å². The van der Waals surface area contributed by atoms with Crippen molar-refractivity contribution in [2.24, 2.45) is 0 Å². The zero-order valence-electron chi connectivity index (χ0n) is 9.10. The molecule has 0 aliphatic carbocycles. The first kappa shape index (κ1) is 10.7. The Morgan fingerprint density at radius 1 is 1.22 bits per heavy atom. The number of nitrogens with two attached hydrogens (primary N) is 2. The number of rotatable bonds is 2. The zero-order chi connectivity index (χ0) is 12.7. The van der Waals surface area contributed by atoms with Crippen LogP contribution in [-0.4, -0.2) is 24.9 Å². The first-order valence-corrected chi connectivity index (χ1v) is 5.94. The van der Waals surface area contributed by atoms with Gasteiger partial charge in [-0.1, -0.05) is 0 Å². The number of fused-ring (bicyclic) bond motifs is 1. The molecule has 0 aromatic carbocycles. The van der Waals surface area contributed by atoms with Crippen molar-refractivity contribution < 1.29 is 0 Å². The summed E-state index contributed by atoms with van der Waals surface area (Å²) in [4.78, 5) is 29.1. The number of hydrogen-bond acceptors (Lipinski definition) is 7. The number of imidazole rings is 1. The van der Waals surface area contributed by atoms with Crippen molar-refractivity contribution in [2.45, 2.75) is 6.42 Å². The van der Waals surface area contributed by atoms with Crippen molar-refractivity contribution in [3.05, 3.63) is 27.3 Å². The molecule has 0 amide bonds. The van der Waals surface area contributed by atoms with E-state index in [1.165, 1.54) is 11.3 Å². The molecule has 3 heterocycles. The fourth-order valence-corrected chi connectivity index (χ4v) is 2.19. The van der Waals surface area contributed by atoms with Gasteiger partial charge in [0, 0.05) is 11.8 Å². The van der Waals surface area contributed by atoms with Gasteiger partial charge in [0.15, 0.2) is 16.3 Å². The van der Waals surface area contributed by atoms with Gasteiger partial charge < -0.3 is 16.5 Å². The first-order chi connectivity index (χ1) is 8.61. The minimum absolute atomic E-state index is 0.0449. The predicted octanol–water partition coefficient (Wildman–Crippen LogP) is -0.142. The molecule has 0 unspecified atom stereocenters. The summed E-state index contributed by atoms with van der Waals surface area (Å²) in [5.74, 6) is 0.641. The Balaban J connectivity index is 2.03. The van der Waals surface area contributed by atoms with Gasteiger partial charge in [0.2, 0.25) is 5.95 Å². The highest BCUT2D eigenvalue weighted by Gasteiger charge is 2.10. The lowest BCUT2D eigenvalue weighted by molar-refractivity contribution is 0.999. The molecule has 9 heteroatoms.